The number of hydrogen-bond acceptors (Lipinski definition) is 8. The number of carbonyl (C=O) groups excluding carboxylic acids is 3. The molecule has 10 nitrogen and oxygen atoms in total. The van der Waals surface area contributed by atoms with Gasteiger partial charge in [0.2, 0.25) is 0 Å². The molecule has 1 aliphatic rings. The lowest BCUT2D eigenvalue weighted by atomic mass is 10.0. The summed E-state index contributed by atoms with van der Waals surface area (Å²) in [5, 5.41) is 3.39. The number of esters is 3. The van der Waals surface area contributed by atoms with Crippen LogP contribution in [0.3, 0.4) is 0 Å². The summed E-state index contributed by atoms with van der Waals surface area (Å²) >= 11 is 0. The maximum atomic E-state index is 11.8. The van der Waals surface area contributed by atoms with E-state index in [9.17, 15) is 14.4 Å². The minimum atomic E-state index is -1.06. The Morgan fingerprint density at radius 1 is 1.20 bits per heavy atom. The number of rotatable bonds is 8. The number of azide groups is 1. The second-order valence-corrected chi connectivity index (χ2v) is 9.04. The average Bonchev–Trinajstić information content (AvgIpc) is 2.72. The Bertz CT molecular complexity index is 801. The fraction of sp³-hybridized carbons (Fsp3) is 0.526. The molecule has 1 unspecified atom stereocenters. The van der Waals surface area contributed by atoms with Gasteiger partial charge >= 0.3 is 17.9 Å². The summed E-state index contributed by atoms with van der Waals surface area (Å²) in [4.78, 5) is 38.7. The van der Waals surface area contributed by atoms with Crippen molar-refractivity contribution in [3.63, 3.8) is 0 Å². The van der Waals surface area contributed by atoms with E-state index in [4.69, 9.17) is 19.7 Å². The lowest BCUT2D eigenvalue weighted by Crippen LogP contribution is -2.54. The van der Waals surface area contributed by atoms with Crippen molar-refractivity contribution in [3.8, 4) is 0 Å². The van der Waals surface area contributed by atoms with Crippen molar-refractivity contribution < 1.29 is 33.3 Å². The smallest absolute Gasteiger partial charge is 0.331 e. The Morgan fingerprint density at radius 2 is 1.90 bits per heavy atom. The number of ether oxygens (including phenoxy) is 4. The summed E-state index contributed by atoms with van der Waals surface area (Å²) < 4.78 is 21.1. The highest BCUT2D eigenvalue weighted by atomic mass is 32.2. The predicted octanol–water partition coefficient (Wildman–Crippen LogP) is 2.16. The molecule has 1 fully saturated rings. The van der Waals surface area contributed by atoms with E-state index in [1.165, 1.54) is 21.0 Å². The third-order valence-electron chi connectivity index (χ3n) is 4.55. The SMILES string of the molecule is COC(=O)CO[C@H]1C[SH](c2ccccc2)[C@H](COC(C)=O)[C@H](OC(C)=O)[C@H]1N=[N+]=[N-]. The Labute approximate surface area is 176 Å². The number of hydrogen-bond donors (Lipinski definition) is 1. The molecule has 1 aliphatic heterocycles. The molecule has 1 aromatic rings. The normalized spacial score (nSPS) is 26.7. The molecule has 0 aromatic heterocycles. The van der Waals surface area contributed by atoms with Crippen LogP contribution >= 0.6 is 10.9 Å². The van der Waals surface area contributed by atoms with E-state index in [0.717, 1.165) is 4.90 Å². The molecule has 0 amide bonds. The van der Waals surface area contributed by atoms with Crippen molar-refractivity contribution in [3.05, 3.63) is 40.8 Å². The van der Waals surface area contributed by atoms with Crippen LogP contribution in [0.5, 0.6) is 0 Å². The quantitative estimate of drug-likeness (QED) is 0.164. The third-order valence-corrected chi connectivity index (χ3v) is 7.51. The zero-order valence-corrected chi connectivity index (χ0v) is 17.9. The largest absolute Gasteiger partial charge is 0.467 e. The molecule has 0 spiro atoms. The highest BCUT2D eigenvalue weighted by Crippen LogP contribution is 2.49. The monoisotopic (exact) mass is 439 g/mol. The van der Waals surface area contributed by atoms with E-state index in [0.29, 0.717) is 5.75 Å². The first-order valence-corrected chi connectivity index (χ1v) is 10.8. The van der Waals surface area contributed by atoms with Gasteiger partial charge in [-0.1, -0.05) is 35.4 Å². The summed E-state index contributed by atoms with van der Waals surface area (Å²) in [5.41, 5.74) is 9.09. The second-order valence-electron chi connectivity index (χ2n) is 6.55. The zero-order valence-electron chi connectivity index (χ0n) is 17.0. The van der Waals surface area contributed by atoms with E-state index < -0.39 is 52.3 Å². The van der Waals surface area contributed by atoms with Crippen LogP contribution in [-0.4, -0.2) is 67.5 Å². The number of methoxy groups -OCH3 is 1. The molecule has 164 valence electrons. The molecule has 11 heteroatoms. The third kappa shape index (κ3) is 6.38. The average molecular weight is 439 g/mol. The molecule has 0 saturated carbocycles. The molecule has 0 aliphatic carbocycles. The van der Waals surface area contributed by atoms with Gasteiger partial charge in [-0.2, -0.15) is 0 Å². The van der Waals surface area contributed by atoms with Gasteiger partial charge in [-0.15, -0.1) is 0 Å². The first-order chi connectivity index (χ1) is 14.4. The van der Waals surface area contributed by atoms with Gasteiger partial charge in [0.05, 0.1) is 18.5 Å². The van der Waals surface area contributed by atoms with Gasteiger partial charge in [0.15, 0.2) is 0 Å². The molecule has 30 heavy (non-hydrogen) atoms. The molecule has 5 atom stereocenters. The van der Waals surface area contributed by atoms with Crippen molar-refractivity contribution in [1.29, 1.82) is 0 Å². The van der Waals surface area contributed by atoms with E-state index >= 15 is 0 Å². The van der Waals surface area contributed by atoms with Gasteiger partial charge in [-0.05, 0) is 10.4 Å². The first kappa shape index (κ1) is 23.5. The van der Waals surface area contributed by atoms with E-state index in [1.807, 2.05) is 30.3 Å². The van der Waals surface area contributed by atoms with Crippen LogP contribution in [0.4, 0.5) is 0 Å². The topological polar surface area (TPSA) is 137 Å². The molecule has 1 heterocycles. The summed E-state index contributed by atoms with van der Waals surface area (Å²) in [6, 6.07) is 8.61. The fourth-order valence-corrected chi connectivity index (χ4v) is 6.26. The van der Waals surface area contributed by atoms with Crippen molar-refractivity contribution in [2.75, 3.05) is 26.1 Å². The Morgan fingerprint density at radius 3 is 2.47 bits per heavy atom. The predicted molar refractivity (Wildman–Crippen MR) is 109 cm³/mol. The van der Waals surface area contributed by atoms with Crippen molar-refractivity contribution in [2.45, 2.75) is 42.2 Å². The van der Waals surface area contributed by atoms with E-state index in [2.05, 4.69) is 14.8 Å². The van der Waals surface area contributed by atoms with Crippen LogP contribution in [0.25, 0.3) is 10.4 Å². The number of thiol groups is 1. The van der Waals surface area contributed by atoms with Gasteiger partial charge in [0.25, 0.3) is 0 Å². The Hall–Kier alpha value is -2.75. The van der Waals surface area contributed by atoms with Gasteiger partial charge < -0.3 is 18.9 Å². The number of benzene rings is 1. The molecular weight excluding hydrogens is 414 g/mol. The van der Waals surface area contributed by atoms with Gasteiger partial charge in [0, 0.05) is 24.5 Å². The van der Waals surface area contributed by atoms with Crippen LogP contribution in [0.1, 0.15) is 13.8 Å². The lowest BCUT2D eigenvalue weighted by molar-refractivity contribution is -0.155. The van der Waals surface area contributed by atoms with E-state index in [1.54, 1.807) is 0 Å². The molecule has 0 bridgehead atoms. The highest BCUT2D eigenvalue weighted by Gasteiger charge is 2.46. The minimum Gasteiger partial charge on any atom is -0.467 e. The molecule has 1 saturated heterocycles. The summed E-state index contributed by atoms with van der Waals surface area (Å²) in [6.45, 7) is 2.20. The summed E-state index contributed by atoms with van der Waals surface area (Å²) in [6.07, 6.45) is -1.58. The number of nitrogens with zero attached hydrogens (tertiary/aromatic N) is 3. The van der Waals surface area contributed by atoms with Crippen LogP contribution in [0.2, 0.25) is 0 Å². The van der Waals surface area contributed by atoms with Gasteiger partial charge in [-0.3, -0.25) is 9.59 Å². The highest BCUT2D eigenvalue weighted by molar-refractivity contribution is 8.17. The maximum Gasteiger partial charge on any atom is 0.331 e. The lowest BCUT2D eigenvalue weighted by Gasteiger charge is -2.46. The van der Waals surface area contributed by atoms with Gasteiger partial charge in [-0.25, -0.2) is 15.7 Å². The Kier molecular flexibility index (Phi) is 8.97. The minimum absolute atomic E-state index is 0.00491. The van der Waals surface area contributed by atoms with Crippen LogP contribution in [-0.2, 0) is 33.3 Å². The van der Waals surface area contributed by atoms with Gasteiger partial charge in [0.1, 0.15) is 25.4 Å². The van der Waals surface area contributed by atoms with Crippen LogP contribution in [0, 0.1) is 0 Å². The maximum absolute atomic E-state index is 11.8. The second kappa shape index (κ2) is 11.4. The molecule has 1 aromatic carbocycles. The summed E-state index contributed by atoms with van der Waals surface area (Å²) in [7, 11) is 0.184. The first-order valence-electron chi connectivity index (χ1n) is 9.22. The van der Waals surface area contributed by atoms with E-state index in [-0.39, 0.29) is 13.2 Å². The molecule has 2 rings (SSSR count). The van der Waals surface area contributed by atoms with Crippen LogP contribution < -0.4 is 0 Å². The van der Waals surface area contributed by atoms with Crippen molar-refractivity contribution in [1.82, 2.24) is 0 Å². The summed E-state index contributed by atoms with van der Waals surface area (Å²) in [5.74, 6) is -1.19. The molecule has 0 radical (unpaired) electrons. The zero-order chi connectivity index (χ0) is 22.1. The fourth-order valence-electron chi connectivity index (χ4n) is 3.28. The molecule has 0 N–H and O–H groups in total. The Balaban J connectivity index is 2.45. The van der Waals surface area contributed by atoms with Crippen molar-refractivity contribution >= 4 is 28.8 Å². The van der Waals surface area contributed by atoms with Crippen molar-refractivity contribution in [2.24, 2.45) is 5.11 Å². The standard InChI is InChI=1S/C19H25N3O7S/c1-12(23)27-9-16-19(29-13(2)24)18(21-22-20)15(28-10-17(25)26-3)11-30(16)14-7-5-4-6-8-14/h4-8,15-16,18-19,30H,9-11H2,1-3H3/t15-,16+,18-,19-/m0/s1. The molecular formula is C19H25N3O7S. The number of carbonyl (C=O) groups is 3. The van der Waals surface area contributed by atoms with Crippen LogP contribution in [0.15, 0.2) is 40.3 Å².